The van der Waals surface area contributed by atoms with Crippen molar-refractivity contribution in [1.82, 2.24) is 5.43 Å². The third-order valence-corrected chi connectivity index (χ3v) is 4.36. The van der Waals surface area contributed by atoms with Gasteiger partial charge in [0, 0.05) is 14.1 Å². The van der Waals surface area contributed by atoms with Crippen LogP contribution in [0, 0.1) is 3.57 Å². The summed E-state index contributed by atoms with van der Waals surface area (Å²) in [6, 6.07) is 6.61. The van der Waals surface area contributed by atoms with Crippen LogP contribution in [-0.2, 0) is 0 Å². The fourth-order valence-electron chi connectivity index (χ4n) is 1.89. The number of nitrogens with one attached hydrogen (secondary N) is 1. The second-order valence-corrected chi connectivity index (χ2v) is 6.31. The van der Waals surface area contributed by atoms with Gasteiger partial charge in [-0.1, -0.05) is 48.5 Å². The lowest BCUT2D eigenvalue weighted by atomic mass is 10.0. The van der Waals surface area contributed by atoms with Gasteiger partial charge < -0.3 is 0 Å². The molecule has 0 radical (unpaired) electrons. The molecule has 2 nitrogen and oxygen atoms in total. The van der Waals surface area contributed by atoms with Crippen molar-refractivity contribution in [1.29, 1.82) is 0 Å². The minimum atomic E-state index is 0.260. The predicted molar refractivity (Wildman–Crippen MR) is 85.7 cm³/mol. The highest BCUT2D eigenvalue weighted by atomic mass is 127. The van der Waals surface area contributed by atoms with Gasteiger partial charge in [-0.25, -0.2) is 0 Å². The Kier molecular flexibility index (Phi) is 7.66. The molecule has 1 aromatic rings. The van der Waals surface area contributed by atoms with Crippen molar-refractivity contribution < 1.29 is 0 Å². The van der Waals surface area contributed by atoms with E-state index in [1.807, 2.05) is 0 Å². The fourth-order valence-corrected chi connectivity index (χ4v) is 2.98. The molecule has 1 atom stereocenters. The highest BCUT2D eigenvalue weighted by Crippen LogP contribution is 2.27. The molecule has 0 aliphatic rings. The maximum atomic E-state index is 5.67. The van der Waals surface area contributed by atoms with Crippen LogP contribution in [0.25, 0.3) is 0 Å². The summed E-state index contributed by atoms with van der Waals surface area (Å²) in [7, 11) is 0. The summed E-state index contributed by atoms with van der Waals surface area (Å²) in [4.78, 5) is 0. The average molecular weight is 411 g/mol. The second kappa shape index (κ2) is 8.45. The van der Waals surface area contributed by atoms with E-state index >= 15 is 0 Å². The maximum absolute atomic E-state index is 5.67. The average Bonchev–Trinajstić information content (AvgIpc) is 2.33. The van der Waals surface area contributed by atoms with Gasteiger partial charge in [0.1, 0.15) is 0 Å². The van der Waals surface area contributed by atoms with E-state index in [0.717, 1.165) is 10.9 Å². The van der Waals surface area contributed by atoms with E-state index in [2.05, 4.69) is 69.1 Å². The molecule has 0 aliphatic carbocycles. The van der Waals surface area contributed by atoms with Crippen LogP contribution in [0.15, 0.2) is 22.7 Å². The van der Waals surface area contributed by atoms with Crippen molar-refractivity contribution in [2.45, 2.75) is 45.1 Å². The number of nitrogens with two attached hydrogens (primary N) is 1. The molecule has 96 valence electrons. The normalized spacial score (nSPS) is 12.7. The van der Waals surface area contributed by atoms with Gasteiger partial charge in [0.15, 0.2) is 0 Å². The summed E-state index contributed by atoms with van der Waals surface area (Å²) >= 11 is 5.88. The van der Waals surface area contributed by atoms with Gasteiger partial charge >= 0.3 is 0 Å². The van der Waals surface area contributed by atoms with Gasteiger partial charge in [-0.05, 0) is 52.8 Å². The molecular weight excluding hydrogens is 391 g/mol. The molecule has 0 amide bonds. The van der Waals surface area contributed by atoms with Gasteiger partial charge in [0.2, 0.25) is 0 Å². The van der Waals surface area contributed by atoms with Gasteiger partial charge in [-0.3, -0.25) is 11.3 Å². The van der Waals surface area contributed by atoms with E-state index in [9.17, 15) is 0 Å². The quantitative estimate of drug-likeness (QED) is 0.300. The van der Waals surface area contributed by atoms with Crippen LogP contribution >= 0.6 is 38.5 Å². The Morgan fingerprint density at radius 3 is 2.76 bits per heavy atom. The highest BCUT2D eigenvalue weighted by molar-refractivity contribution is 14.1. The second-order valence-electron chi connectivity index (χ2n) is 4.23. The van der Waals surface area contributed by atoms with Gasteiger partial charge in [-0.15, -0.1) is 0 Å². The van der Waals surface area contributed by atoms with Crippen LogP contribution in [0.4, 0.5) is 0 Å². The maximum Gasteiger partial charge on any atom is 0.0470 e. The lowest BCUT2D eigenvalue weighted by Gasteiger charge is -2.18. The van der Waals surface area contributed by atoms with Crippen LogP contribution in [0.3, 0.4) is 0 Å². The largest absolute Gasteiger partial charge is 0.271 e. The summed E-state index contributed by atoms with van der Waals surface area (Å²) in [6.45, 7) is 2.23. The van der Waals surface area contributed by atoms with Gasteiger partial charge in [0.25, 0.3) is 0 Å². The summed E-state index contributed by atoms with van der Waals surface area (Å²) in [6.07, 6.45) is 6.20. The molecule has 0 spiro atoms. The number of hydrogen-bond donors (Lipinski definition) is 2. The van der Waals surface area contributed by atoms with Crippen molar-refractivity contribution in [3.05, 3.63) is 31.8 Å². The molecule has 0 saturated carbocycles. The minimum Gasteiger partial charge on any atom is -0.271 e. The van der Waals surface area contributed by atoms with Crippen LogP contribution in [0.2, 0.25) is 0 Å². The van der Waals surface area contributed by atoms with Crippen LogP contribution in [0.5, 0.6) is 0 Å². The first-order valence-electron chi connectivity index (χ1n) is 6.10. The molecule has 1 unspecified atom stereocenters. The summed E-state index contributed by atoms with van der Waals surface area (Å²) in [5, 5.41) is 0. The number of unbranched alkanes of at least 4 members (excludes halogenated alkanes) is 3. The Hall–Kier alpha value is 0.350. The van der Waals surface area contributed by atoms with E-state index in [1.54, 1.807) is 0 Å². The third kappa shape index (κ3) is 5.24. The van der Waals surface area contributed by atoms with Crippen molar-refractivity contribution in [3.63, 3.8) is 0 Å². The SMILES string of the molecule is CCCCCCC(NN)c1cc(Br)ccc1I. The Bertz CT molecular complexity index is 344. The molecule has 3 N–H and O–H groups in total. The van der Waals surface area contributed by atoms with Crippen molar-refractivity contribution >= 4 is 38.5 Å². The molecule has 0 saturated heterocycles. The minimum absolute atomic E-state index is 0.260. The lowest BCUT2D eigenvalue weighted by Crippen LogP contribution is -2.28. The van der Waals surface area contributed by atoms with Crippen LogP contribution in [-0.4, -0.2) is 0 Å². The molecular formula is C13H20BrIN2. The smallest absolute Gasteiger partial charge is 0.0470 e. The molecule has 4 heteroatoms. The van der Waals surface area contributed by atoms with E-state index < -0.39 is 0 Å². The first kappa shape index (κ1) is 15.4. The monoisotopic (exact) mass is 410 g/mol. The van der Waals surface area contributed by atoms with Crippen LogP contribution < -0.4 is 11.3 Å². The molecule has 0 aliphatic heterocycles. The summed E-state index contributed by atoms with van der Waals surface area (Å²) in [5.74, 6) is 5.67. The van der Waals surface area contributed by atoms with Crippen molar-refractivity contribution in [3.8, 4) is 0 Å². The number of hydrazine groups is 1. The zero-order valence-corrected chi connectivity index (χ0v) is 13.9. The molecule has 0 bridgehead atoms. The zero-order chi connectivity index (χ0) is 12.7. The first-order chi connectivity index (χ1) is 8.19. The molecule has 0 aromatic heterocycles. The van der Waals surface area contributed by atoms with Gasteiger partial charge in [0.05, 0.1) is 0 Å². The Morgan fingerprint density at radius 1 is 1.35 bits per heavy atom. The third-order valence-electron chi connectivity index (χ3n) is 2.88. The fraction of sp³-hybridized carbons (Fsp3) is 0.538. The first-order valence-corrected chi connectivity index (χ1v) is 7.97. The molecule has 0 fully saturated rings. The van der Waals surface area contributed by atoms with Crippen molar-refractivity contribution in [2.24, 2.45) is 5.84 Å². The van der Waals surface area contributed by atoms with E-state index in [1.165, 1.54) is 34.8 Å². The topological polar surface area (TPSA) is 38.0 Å². The van der Waals surface area contributed by atoms with E-state index in [0.29, 0.717) is 0 Å². The van der Waals surface area contributed by atoms with Gasteiger partial charge in [-0.2, -0.15) is 0 Å². The standard InChI is InChI=1S/C13H20BrIN2/c1-2-3-4-5-6-13(17-16)11-9-10(14)7-8-12(11)15/h7-9,13,17H,2-6,16H2,1H3. The van der Waals surface area contributed by atoms with E-state index in [4.69, 9.17) is 5.84 Å². The zero-order valence-electron chi connectivity index (χ0n) is 10.2. The molecule has 1 aromatic carbocycles. The van der Waals surface area contributed by atoms with Crippen LogP contribution in [0.1, 0.15) is 50.6 Å². The lowest BCUT2D eigenvalue weighted by molar-refractivity contribution is 0.480. The predicted octanol–water partition coefficient (Wildman–Crippen LogP) is 4.53. The number of halogens is 2. The number of hydrogen-bond acceptors (Lipinski definition) is 2. The van der Waals surface area contributed by atoms with E-state index in [-0.39, 0.29) is 6.04 Å². The highest BCUT2D eigenvalue weighted by Gasteiger charge is 2.12. The Balaban J connectivity index is 2.62. The summed E-state index contributed by atoms with van der Waals surface area (Å²) < 4.78 is 2.38. The molecule has 17 heavy (non-hydrogen) atoms. The number of benzene rings is 1. The van der Waals surface area contributed by atoms with Crippen molar-refractivity contribution in [2.75, 3.05) is 0 Å². The summed E-state index contributed by atoms with van der Waals surface area (Å²) in [5.41, 5.74) is 4.23. The number of rotatable bonds is 7. The Labute approximate surface area is 126 Å². The Morgan fingerprint density at radius 2 is 2.12 bits per heavy atom. The molecule has 1 rings (SSSR count). The molecule has 0 heterocycles.